The number of aromatic nitrogens is 3. The van der Waals surface area contributed by atoms with E-state index in [2.05, 4.69) is 10.3 Å². The lowest BCUT2D eigenvalue weighted by molar-refractivity contribution is 0.0935. The van der Waals surface area contributed by atoms with E-state index in [1.807, 2.05) is 91.9 Å². The Bertz CT molecular complexity index is 1500. The molecule has 6 nitrogen and oxygen atoms in total. The van der Waals surface area contributed by atoms with E-state index in [9.17, 15) is 4.79 Å². The third-order valence-corrected chi connectivity index (χ3v) is 6.08. The second kappa shape index (κ2) is 9.60. The van der Waals surface area contributed by atoms with Crippen molar-refractivity contribution in [3.05, 3.63) is 107 Å². The van der Waals surface area contributed by atoms with Gasteiger partial charge in [0.05, 0.1) is 24.5 Å². The van der Waals surface area contributed by atoms with Crippen LogP contribution in [0.15, 0.2) is 91.0 Å². The number of para-hydroxylation sites is 1. The molecule has 2 heterocycles. The smallest absolute Gasteiger partial charge is 0.270 e. The molecule has 0 spiro atoms. The van der Waals surface area contributed by atoms with Gasteiger partial charge in [-0.15, -0.1) is 0 Å². The van der Waals surface area contributed by atoms with Gasteiger partial charge in [-0.05, 0) is 42.8 Å². The predicted molar refractivity (Wildman–Crippen MR) is 138 cm³/mol. The van der Waals surface area contributed by atoms with E-state index >= 15 is 0 Å². The highest BCUT2D eigenvalue weighted by atomic mass is 35.5. The van der Waals surface area contributed by atoms with Gasteiger partial charge in [0.15, 0.2) is 5.65 Å². The van der Waals surface area contributed by atoms with Crippen LogP contribution < -0.4 is 10.1 Å². The quantitative estimate of drug-likeness (QED) is 0.312. The fourth-order valence-electron chi connectivity index (χ4n) is 4.00. The van der Waals surface area contributed by atoms with Crippen LogP contribution in [0, 0.1) is 0 Å². The maximum atomic E-state index is 13.3. The van der Waals surface area contributed by atoms with Crippen LogP contribution in [0.2, 0.25) is 5.02 Å². The van der Waals surface area contributed by atoms with Crippen molar-refractivity contribution < 1.29 is 9.53 Å². The Hall–Kier alpha value is -4.16. The SMILES string of the molecule is COc1ccccc1-c1cc(C(=O)N[C@H](C)c2ccccc2)nc2cc(-c3ccc(Cl)cc3)nn12. The van der Waals surface area contributed by atoms with Gasteiger partial charge in [0.1, 0.15) is 11.4 Å². The van der Waals surface area contributed by atoms with Crippen LogP contribution in [-0.2, 0) is 0 Å². The van der Waals surface area contributed by atoms with Crippen molar-refractivity contribution in [1.82, 2.24) is 19.9 Å². The molecule has 0 aliphatic heterocycles. The van der Waals surface area contributed by atoms with Crippen LogP contribution >= 0.6 is 11.6 Å². The van der Waals surface area contributed by atoms with Gasteiger partial charge in [0.25, 0.3) is 5.91 Å². The average molecular weight is 483 g/mol. The summed E-state index contributed by atoms with van der Waals surface area (Å²) in [4.78, 5) is 17.9. The largest absolute Gasteiger partial charge is 0.496 e. The van der Waals surface area contributed by atoms with E-state index in [0.29, 0.717) is 27.8 Å². The van der Waals surface area contributed by atoms with Crippen LogP contribution in [0.3, 0.4) is 0 Å². The summed E-state index contributed by atoms with van der Waals surface area (Å²) in [7, 11) is 1.62. The zero-order valence-corrected chi connectivity index (χ0v) is 20.0. The van der Waals surface area contributed by atoms with Crippen molar-refractivity contribution in [2.45, 2.75) is 13.0 Å². The third kappa shape index (κ3) is 4.61. The number of nitrogens with one attached hydrogen (secondary N) is 1. The number of methoxy groups -OCH3 is 1. The van der Waals surface area contributed by atoms with E-state index < -0.39 is 0 Å². The maximum absolute atomic E-state index is 13.3. The number of carbonyl (C=O) groups excluding carboxylic acids is 1. The number of benzene rings is 3. The summed E-state index contributed by atoms with van der Waals surface area (Å²) < 4.78 is 7.33. The molecule has 0 bridgehead atoms. The van der Waals surface area contributed by atoms with Crippen LogP contribution in [0.1, 0.15) is 29.0 Å². The normalized spacial score (nSPS) is 11.9. The molecule has 35 heavy (non-hydrogen) atoms. The fraction of sp³-hybridized carbons (Fsp3) is 0.107. The first kappa shape index (κ1) is 22.6. The minimum atomic E-state index is -0.269. The highest BCUT2D eigenvalue weighted by Gasteiger charge is 2.19. The Morgan fingerprint density at radius 3 is 2.43 bits per heavy atom. The monoisotopic (exact) mass is 482 g/mol. The molecule has 0 radical (unpaired) electrons. The number of hydrogen-bond donors (Lipinski definition) is 1. The number of carbonyl (C=O) groups is 1. The number of nitrogens with zero attached hydrogens (tertiary/aromatic N) is 3. The number of amides is 1. The van der Waals surface area contributed by atoms with Gasteiger partial charge in [-0.1, -0.05) is 66.2 Å². The van der Waals surface area contributed by atoms with Crippen molar-refractivity contribution in [3.8, 4) is 28.3 Å². The van der Waals surface area contributed by atoms with Crippen LogP contribution in [0.5, 0.6) is 5.75 Å². The summed E-state index contributed by atoms with van der Waals surface area (Å²) in [6.45, 7) is 1.95. The molecule has 1 atom stereocenters. The molecule has 7 heteroatoms. The van der Waals surface area contributed by atoms with Gasteiger partial charge in [0.2, 0.25) is 0 Å². The number of rotatable bonds is 6. The lowest BCUT2D eigenvalue weighted by atomic mass is 10.1. The van der Waals surface area contributed by atoms with E-state index in [1.165, 1.54) is 0 Å². The first-order chi connectivity index (χ1) is 17.0. The van der Waals surface area contributed by atoms with Crippen molar-refractivity contribution in [2.75, 3.05) is 7.11 Å². The van der Waals surface area contributed by atoms with Crippen molar-refractivity contribution in [1.29, 1.82) is 0 Å². The molecule has 2 aromatic heterocycles. The molecule has 5 rings (SSSR count). The molecule has 174 valence electrons. The molecule has 0 unspecified atom stereocenters. The maximum Gasteiger partial charge on any atom is 0.270 e. The summed E-state index contributed by atoms with van der Waals surface area (Å²) in [5.74, 6) is 0.404. The summed E-state index contributed by atoms with van der Waals surface area (Å²) >= 11 is 6.06. The molecule has 0 aliphatic rings. The van der Waals surface area contributed by atoms with Gasteiger partial charge >= 0.3 is 0 Å². The van der Waals surface area contributed by atoms with Crippen molar-refractivity contribution in [2.24, 2.45) is 0 Å². The van der Waals surface area contributed by atoms with Crippen LogP contribution in [0.4, 0.5) is 0 Å². The zero-order chi connectivity index (χ0) is 24.4. The molecule has 0 saturated carbocycles. The number of halogens is 1. The van der Waals surface area contributed by atoms with Gasteiger partial charge in [-0.25, -0.2) is 9.50 Å². The van der Waals surface area contributed by atoms with Gasteiger partial charge in [-0.2, -0.15) is 5.10 Å². The predicted octanol–water partition coefficient (Wildman–Crippen LogP) is 6.22. The Kier molecular flexibility index (Phi) is 6.21. The van der Waals surface area contributed by atoms with E-state index in [0.717, 1.165) is 22.4 Å². The summed E-state index contributed by atoms with van der Waals surface area (Å²) in [5, 5.41) is 8.50. The number of hydrogen-bond acceptors (Lipinski definition) is 4. The Morgan fingerprint density at radius 2 is 1.69 bits per heavy atom. The molecule has 3 aromatic carbocycles. The number of fused-ring (bicyclic) bond motifs is 1. The highest BCUT2D eigenvalue weighted by molar-refractivity contribution is 6.30. The molecule has 0 aliphatic carbocycles. The minimum absolute atomic E-state index is 0.175. The topological polar surface area (TPSA) is 68.5 Å². The summed E-state index contributed by atoms with van der Waals surface area (Å²) in [5.41, 5.74) is 4.99. The summed E-state index contributed by atoms with van der Waals surface area (Å²) in [6, 6.07) is 28.3. The number of ether oxygens (including phenoxy) is 1. The average Bonchev–Trinajstić information content (AvgIpc) is 3.33. The summed E-state index contributed by atoms with van der Waals surface area (Å²) in [6.07, 6.45) is 0. The first-order valence-corrected chi connectivity index (χ1v) is 11.6. The molecule has 1 amide bonds. The molecule has 0 saturated heterocycles. The lowest BCUT2D eigenvalue weighted by Gasteiger charge is -2.15. The molecular formula is C28H23ClN4O2. The standard InChI is InChI=1S/C28H23ClN4O2/c1-18(19-8-4-3-5-9-19)30-28(34)24-16-25(22-10-6-7-11-26(22)35-2)33-27(31-24)17-23(32-33)20-12-14-21(29)15-13-20/h3-18H,1-2H3,(H,30,34)/t18-/m1/s1. The highest BCUT2D eigenvalue weighted by Crippen LogP contribution is 2.32. The Balaban J connectivity index is 1.62. The molecular weight excluding hydrogens is 460 g/mol. The fourth-order valence-corrected chi connectivity index (χ4v) is 4.12. The minimum Gasteiger partial charge on any atom is -0.496 e. The lowest BCUT2D eigenvalue weighted by Crippen LogP contribution is -2.27. The second-order valence-electron chi connectivity index (χ2n) is 8.14. The third-order valence-electron chi connectivity index (χ3n) is 5.83. The van der Waals surface area contributed by atoms with Crippen molar-refractivity contribution >= 4 is 23.2 Å². The van der Waals surface area contributed by atoms with Crippen molar-refractivity contribution in [3.63, 3.8) is 0 Å². The second-order valence-corrected chi connectivity index (χ2v) is 8.58. The molecule has 5 aromatic rings. The van der Waals surface area contributed by atoms with E-state index in [4.69, 9.17) is 21.4 Å². The van der Waals surface area contributed by atoms with Gasteiger partial charge in [-0.3, -0.25) is 4.79 Å². The van der Waals surface area contributed by atoms with Gasteiger partial charge in [0, 0.05) is 22.2 Å². The van der Waals surface area contributed by atoms with E-state index in [1.54, 1.807) is 17.7 Å². The van der Waals surface area contributed by atoms with Gasteiger partial charge < -0.3 is 10.1 Å². The zero-order valence-electron chi connectivity index (χ0n) is 19.3. The van der Waals surface area contributed by atoms with Crippen LogP contribution in [0.25, 0.3) is 28.2 Å². The molecule has 1 N–H and O–H groups in total. The van der Waals surface area contributed by atoms with E-state index in [-0.39, 0.29) is 11.9 Å². The molecule has 0 fully saturated rings. The Labute approximate surface area is 208 Å². The first-order valence-electron chi connectivity index (χ1n) is 11.2. The Morgan fingerprint density at radius 1 is 0.971 bits per heavy atom. The van der Waals surface area contributed by atoms with Crippen LogP contribution in [-0.4, -0.2) is 27.6 Å².